The van der Waals surface area contributed by atoms with Gasteiger partial charge < -0.3 is 20.1 Å². The summed E-state index contributed by atoms with van der Waals surface area (Å²) in [6.45, 7) is 2.81. The molecule has 0 spiro atoms. The zero-order valence-corrected chi connectivity index (χ0v) is 23.2. The van der Waals surface area contributed by atoms with Gasteiger partial charge in [0, 0.05) is 19.0 Å². The number of carbonyl (C=O) groups excluding carboxylic acids is 1. The van der Waals surface area contributed by atoms with E-state index in [2.05, 4.69) is 5.32 Å². The lowest BCUT2D eigenvalue weighted by molar-refractivity contribution is 0.0858. The summed E-state index contributed by atoms with van der Waals surface area (Å²) >= 11 is 0. The predicted molar refractivity (Wildman–Crippen MR) is 155 cm³/mol. The van der Waals surface area contributed by atoms with E-state index < -0.39 is 29.7 Å². The minimum absolute atomic E-state index is 0.154. The van der Waals surface area contributed by atoms with Crippen LogP contribution in [0.4, 0.5) is 18.9 Å². The Labute approximate surface area is 242 Å². The quantitative estimate of drug-likeness (QED) is 0.194. The van der Waals surface area contributed by atoms with Crippen molar-refractivity contribution in [3.8, 4) is 16.9 Å². The van der Waals surface area contributed by atoms with Crippen molar-refractivity contribution in [3.05, 3.63) is 119 Å². The fourth-order valence-corrected chi connectivity index (χ4v) is 4.90. The van der Waals surface area contributed by atoms with E-state index in [1.165, 1.54) is 54.6 Å². The number of likely N-dealkylation sites (N-methyl/N-ethyl adjacent to an activating group) is 1. The summed E-state index contributed by atoms with van der Waals surface area (Å²) in [5, 5.41) is 13.6. The molecule has 0 saturated heterocycles. The molecule has 2 atom stereocenters. The van der Waals surface area contributed by atoms with Crippen molar-refractivity contribution < 1.29 is 27.8 Å². The van der Waals surface area contributed by atoms with Crippen LogP contribution in [0, 0.1) is 17.5 Å². The Hall–Kier alpha value is -4.63. The average Bonchev–Trinajstić information content (AvgIpc) is 3.28. The highest BCUT2D eigenvalue weighted by Gasteiger charge is 2.32. The zero-order chi connectivity index (χ0) is 29.8. The van der Waals surface area contributed by atoms with Crippen LogP contribution in [-0.2, 0) is 6.42 Å². The first-order chi connectivity index (χ1) is 20.2. The van der Waals surface area contributed by atoms with Crippen LogP contribution < -0.4 is 10.1 Å². The molecule has 0 bridgehead atoms. The number of aliphatic hydroxyl groups excluding tert-OH is 1. The van der Waals surface area contributed by atoms with Gasteiger partial charge in [0.15, 0.2) is 0 Å². The molecular weight excluding hydrogens is 543 g/mol. The predicted octanol–water partition coefficient (Wildman–Crippen LogP) is 6.22. The fraction of sp³-hybridized carbons (Fsp3) is 0.212. The number of aliphatic imine (C=N–C) groups is 1. The monoisotopic (exact) mass is 573 g/mol. The van der Waals surface area contributed by atoms with Gasteiger partial charge in [0.05, 0.1) is 29.9 Å². The molecule has 0 unspecified atom stereocenters. The van der Waals surface area contributed by atoms with Crippen molar-refractivity contribution in [2.24, 2.45) is 4.99 Å². The van der Waals surface area contributed by atoms with Crippen LogP contribution in [0.15, 0.2) is 89.9 Å². The van der Waals surface area contributed by atoms with Gasteiger partial charge in [0.2, 0.25) is 0 Å². The molecular formula is C33H30F3N3O3. The number of fused-ring (bicyclic) bond motifs is 1. The van der Waals surface area contributed by atoms with Gasteiger partial charge in [-0.2, -0.15) is 0 Å². The topological polar surface area (TPSA) is 74.2 Å². The van der Waals surface area contributed by atoms with Gasteiger partial charge in [-0.1, -0.05) is 24.3 Å². The molecule has 4 aromatic rings. The molecule has 2 N–H and O–H groups in total. The number of aliphatic hydroxyl groups is 1. The normalized spacial score (nSPS) is 16.2. The molecule has 5 rings (SSSR count). The lowest BCUT2D eigenvalue weighted by Crippen LogP contribution is -2.33. The number of nitrogens with one attached hydrogen (secondary N) is 1. The largest absolute Gasteiger partial charge is 0.492 e. The molecule has 0 heterocycles. The second-order valence-corrected chi connectivity index (χ2v) is 10.2. The highest BCUT2D eigenvalue weighted by atomic mass is 19.1. The summed E-state index contributed by atoms with van der Waals surface area (Å²) in [7, 11) is 1.89. The van der Waals surface area contributed by atoms with Gasteiger partial charge in [0.25, 0.3) is 5.91 Å². The van der Waals surface area contributed by atoms with Crippen LogP contribution >= 0.6 is 0 Å². The van der Waals surface area contributed by atoms with Crippen molar-refractivity contribution in [1.82, 2.24) is 10.2 Å². The van der Waals surface area contributed by atoms with E-state index >= 15 is 0 Å². The molecule has 0 aromatic heterocycles. The molecule has 6 nitrogen and oxygen atoms in total. The maximum Gasteiger partial charge on any atom is 0.251 e. The Bertz CT molecular complexity index is 1590. The number of hydrogen-bond donors (Lipinski definition) is 2. The second kappa shape index (κ2) is 12.5. The molecule has 9 heteroatoms. The lowest BCUT2D eigenvalue weighted by Gasteiger charge is -2.20. The molecule has 4 aromatic carbocycles. The van der Waals surface area contributed by atoms with E-state index in [4.69, 9.17) is 9.73 Å². The van der Waals surface area contributed by atoms with Crippen LogP contribution in [-0.4, -0.2) is 48.1 Å². The van der Waals surface area contributed by atoms with Gasteiger partial charge in [0.1, 0.15) is 35.6 Å². The first-order valence-electron chi connectivity index (χ1n) is 13.5. The maximum atomic E-state index is 14.2. The first-order valence-corrected chi connectivity index (χ1v) is 13.5. The fourth-order valence-electron chi connectivity index (χ4n) is 4.90. The van der Waals surface area contributed by atoms with Gasteiger partial charge >= 0.3 is 0 Å². The molecule has 1 aliphatic carbocycles. The Balaban J connectivity index is 1.24. The molecule has 0 fully saturated rings. The number of hydrogen-bond acceptors (Lipinski definition) is 4. The van der Waals surface area contributed by atoms with Crippen LogP contribution in [0.1, 0.15) is 34.5 Å². The van der Waals surface area contributed by atoms with Crippen LogP contribution in [0.25, 0.3) is 11.1 Å². The lowest BCUT2D eigenvalue weighted by atomic mass is 10.0. The maximum absolute atomic E-state index is 14.2. The number of amidine groups is 1. The van der Waals surface area contributed by atoms with Crippen LogP contribution in [0.3, 0.4) is 0 Å². The summed E-state index contributed by atoms with van der Waals surface area (Å²) in [6, 6.07) is 20.5. The molecule has 0 aliphatic heterocycles. The van der Waals surface area contributed by atoms with Crippen LogP contribution in [0.2, 0.25) is 0 Å². The molecule has 216 valence electrons. The smallest absolute Gasteiger partial charge is 0.251 e. The Morgan fingerprint density at radius 1 is 1.00 bits per heavy atom. The van der Waals surface area contributed by atoms with Crippen molar-refractivity contribution in [3.63, 3.8) is 0 Å². The van der Waals surface area contributed by atoms with Crippen molar-refractivity contribution in [2.75, 3.05) is 20.2 Å². The Morgan fingerprint density at radius 3 is 2.38 bits per heavy atom. The number of amides is 1. The zero-order valence-electron chi connectivity index (χ0n) is 23.2. The van der Waals surface area contributed by atoms with Gasteiger partial charge in [-0.3, -0.25) is 4.79 Å². The highest BCUT2D eigenvalue weighted by Crippen LogP contribution is 2.35. The molecule has 42 heavy (non-hydrogen) atoms. The van der Waals surface area contributed by atoms with Gasteiger partial charge in [-0.25, -0.2) is 18.2 Å². The van der Waals surface area contributed by atoms with Crippen molar-refractivity contribution >= 4 is 17.4 Å². The number of ether oxygens (including phenoxy) is 1. The summed E-state index contributed by atoms with van der Waals surface area (Å²) in [6.07, 6.45) is -0.433. The third-order valence-corrected chi connectivity index (χ3v) is 7.32. The van der Waals surface area contributed by atoms with Gasteiger partial charge in [-0.15, -0.1) is 0 Å². The minimum atomic E-state index is -0.817. The molecule has 1 amide bonds. The molecule has 0 saturated carbocycles. The summed E-state index contributed by atoms with van der Waals surface area (Å²) in [5.74, 6) is -0.785. The number of benzene rings is 4. The average molecular weight is 574 g/mol. The van der Waals surface area contributed by atoms with Crippen LogP contribution in [0.5, 0.6) is 5.75 Å². The van der Waals surface area contributed by atoms with E-state index in [-0.39, 0.29) is 11.4 Å². The van der Waals surface area contributed by atoms with E-state index in [1.54, 1.807) is 12.1 Å². The molecule has 1 aliphatic rings. The number of halogens is 3. The summed E-state index contributed by atoms with van der Waals surface area (Å²) in [4.78, 5) is 19.7. The van der Waals surface area contributed by atoms with E-state index in [0.717, 1.165) is 17.0 Å². The number of nitrogens with zero attached hydrogens (tertiary/aromatic N) is 2. The second-order valence-electron chi connectivity index (χ2n) is 10.2. The van der Waals surface area contributed by atoms with Crippen molar-refractivity contribution in [2.45, 2.75) is 25.5 Å². The van der Waals surface area contributed by atoms with E-state index in [9.17, 15) is 23.1 Å². The van der Waals surface area contributed by atoms with E-state index in [0.29, 0.717) is 42.1 Å². The first kappa shape index (κ1) is 28.9. The Kier molecular flexibility index (Phi) is 8.59. The third kappa shape index (κ3) is 6.47. The van der Waals surface area contributed by atoms with Crippen molar-refractivity contribution in [1.29, 1.82) is 0 Å². The molecule has 0 radical (unpaired) electrons. The highest BCUT2D eigenvalue weighted by molar-refractivity contribution is 5.95. The standard InChI is InChI=1S/C33H30F3N3O3/c1-20(39(2)16-17-42-26-14-11-24(34)12-15-26)37-25-13-10-23-18-30(40)32(27(23)19-25)38-33(41)22-8-6-21(7-9-22)31-28(35)4-3-5-29(31)36/h3-15,19,30,32,40H,16-18H2,1-2H3,(H,38,41)/t30-,32-/m1/s1. The Morgan fingerprint density at radius 2 is 1.69 bits per heavy atom. The number of carbonyl (C=O) groups is 1. The summed E-state index contributed by atoms with van der Waals surface area (Å²) in [5.41, 5.74) is 2.82. The van der Waals surface area contributed by atoms with E-state index in [1.807, 2.05) is 37.1 Å². The summed E-state index contributed by atoms with van der Waals surface area (Å²) < 4.78 is 47.1. The number of rotatable bonds is 8. The third-order valence-electron chi connectivity index (χ3n) is 7.32. The minimum Gasteiger partial charge on any atom is -0.492 e. The van der Waals surface area contributed by atoms with Gasteiger partial charge in [-0.05, 0) is 84.3 Å². The SMILES string of the molecule is CC(=Nc1ccc2c(c1)[C@@H](NC(=O)c1ccc(-c3c(F)cccc3F)cc1)[C@H](O)C2)N(C)CCOc1ccc(F)cc1.